The van der Waals surface area contributed by atoms with Crippen molar-refractivity contribution in [2.24, 2.45) is 0 Å². The topological polar surface area (TPSA) is 3.24 Å². The Hall–Kier alpha value is -3.32. The van der Waals surface area contributed by atoms with E-state index in [0.717, 1.165) is 0 Å². The van der Waals surface area contributed by atoms with Crippen molar-refractivity contribution in [3.63, 3.8) is 0 Å². The lowest BCUT2D eigenvalue weighted by Gasteiger charge is -2.28. The van der Waals surface area contributed by atoms with Crippen LogP contribution in [0.1, 0.15) is 36.5 Å². The van der Waals surface area contributed by atoms with E-state index in [2.05, 4.69) is 116 Å². The first-order chi connectivity index (χ1) is 14.7. The molecule has 4 aromatic rings. The van der Waals surface area contributed by atoms with Crippen molar-refractivity contribution in [1.29, 1.82) is 0 Å². The second-order valence-corrected chi connectivity index (χ2v) is 8.45. The Morgan fingerprint density at radius 3 is 1.70 bits per heavy atom. The average molecular weight is 390 g/mol. The predicted molar refractivity (Wildman–Crippen MR) is 128 cm³/mol. The van der Waals surface area contributed by atoms with Gasteiger partial charge in [0.05, 0.1) is 0 Å². The van der Waals surface area contributed by atoms with Crippen LogP contribution in [0.3, 0.4) is 0 Å². The molecular formula is C29H27N. The molecule has 0 fully saturated rings. The highest BCUT2D eigenvalue weighted by molar-refractivity contribution is 5.79. The molecule has 0 aliphatic heterocycles. The normalized spacial score (nSPS) is 12.4. The molecule has 0 radical (unpaired) electrons. The van der Waals surface area contributed by atoms with Crippen LogP contribution in [0.2, 0.25) is 0 Å². The molecule has 1 nitrogen and oxygen atoms in total. The molecular weight excluding hydrogens is 362 g/mol. The van der Waals surface area contributed by atoms with Crippen molar-refractivity contribution in [1.82, 2.24) is 0 Å². The number of nitrogens with zero attached hydrogens (tertiary/aromatic N) is 1. The summed E-state index contributed by atoms with van der Waals surface area (Å²) in [5, 5.41) is 0. The van der Waals surface area contributed by atoms with E-state index in [1.165, 1.54) is 57.7 Å². The second kappa shape index (κ2) is 7.84. The summed E-state index contributed by atoms with van der Waals surface area (Å²) in [4.78, 5) is 2.35. The molecule has 0 atom stereocenters. The molecule has 0 amide bonds. The highest BCUT2D eigenvalue weighted by atomic mass is 15.1. The zero-order valence-corrected chi connectivity index (χ0v) is 17.7. The van der Waals surface area contributed by atoms with Crippen LogP contribution in [-0.4, -0.2) is 0 Å². The summed E-state index contributed by atoms with van der Waals surface area (Å²) < 4.78 is 0. The van der Waals surface area contributed by atoms with Gasteiger partial charge in [-0.2, -0.15) is 0 Å². The lowest BCUT2D eigenvalue weighted by atomic mass is 9.88. The van der Waals surface area contributed by atoms with Gasteiger partial charge in [-0.15, -0.1) is 0 Å². The maximum absolute atomic E-state index is 2.35. The first-order valence-electron chi connectivity index (χ1n) is 10.9. The molecule has 0 saturated heterocycles. The monoisotopic (exact) mass is 389 g/mol. The van der Waals surface area contributed by atoms with Gasteiger partial charge in [0.15, 0.2) is 0 Å². The number of fused-ring (bicyclic) bond motifs is 1. The summed E-state index contributed by atoms with van der Waals surface area (Å²) in [5.41, 5.74) is 10.5. The number of benzene rings is 4. The van der Waals surface area contributed by atoms with Crippen LogP contribution in [0.15, 0.2) is 97.1 Å². The fourth-order valence-electron chi connectivity index (χ4n) is 4.21. The van der Waals surface area contributed by atoms with E-state index in [0.29, 0.717) is 5.92 Å². The molecule has 1 aliphatic rings. The van der Waals surface area contributed by atoms with E-state index in [-0.39, 0.29) is 0 Å². The Bertz CT molecular complexity index is 1140. The molecule has 0 saturated carbocycles. The third-order valence-corrected chi connectivity index (χ3v) is 6.16. The molecule has 0 heterocycles. The van der Waals surface area contributed by atoms with Crippen molar-refractivity contribution in [3.8, 4) is 11.1 Å². The minimum absolute atomic E-state index is 0.559. The van der Waals surface area contributed by atoms with Crippen LogP contribution in [0, 0.1) is 0 Å². The van der Waals surface area contributed by atoms with Crippen molar-refractivity contribution < 1.29 is 0 Å². The highest BCUT2D eigenvalue weighted by Crippen LogP contribution is 2.38. The highest BCUT2D eigenvalue weighted by Gasteiger charge is 2.17. The summed E-state index contributed by atoms with van der Waals surface area (Å²) in [7, 11) is 0. The van der Waals surface area contributed by atoms with Crippen molar-refractivity contribution in [2.75, 3.05) is 4.90 Å². The number of para-hydroxylation sites is 1. The number of anilines is 3. The average Bonchev–Trinajstić information content (AvgIpc) is 2.77. The van der Waals surface area contributed by atoms with Crippen LogP contribution in [-0.2, 0) is 12.8 Å². The van der Waals surface area contributed by atoms with Gasteiger partial charge in [-0.05, 0) is 83.0 Å². The van der Waals surface area contributed by atoms with Gasteiger partial charge in [-0.3, -0.25) is 0 Å². The smallest absolute Gasteiger partial charge is 0.0464 e. The lowest BCUT2D eigenvalue weighted by Crippen LogP contribution is -2.13. The van der Waals surface area contributed by atoms with Crippen molar-refractivity contribution >= 4 is 17.1 Å². The first-order valence-corrected chi connectivity index (χ1v) is 10.9. The molecule has 1 aliphatic carbocycles. The van der Waals surface area contributed by atoms with Gasteiger partial charge in [0.2, 0.25) is 0 Å². The molecule has 0 aromatic heterocycles. The molecule has 0 spiro atoms. The molecule has 0 N–H and O–H groups in total. The minimum Gasteiger partial charge on any atom is -0.310 e. The third-order valence-electron chi connectivity index (χ3n) is 6.16. The molecule has 1 heteroatoms. The summed E-state index contributed by atoms with van der Waals surface area (Å²) in [6.07, 6.45) is 2.41. The standard InChI is InChI=1S/C29H27N/c1-21(2)22-8-10-23(11-9-22)24-14-17-28(18-15-24)30(27-6-4-3-5-7-27)29-19-16-25-12-13-26(25)20-29/h3-11,14-21H,12-13H2,1-2H3. The molecule has 30 heavy (non-hydrogen) atoms. The van der Waals surface area contributed by atoms with Gasteiger partial charge in [0, 0.05) is 17.1 Å². The van der Waals surface area contributed by atoms with Gasteiger partial charge in [-0.25, -0.2) is 0 Å². The maximum atomic E-state index is 2.35. The Morgan fingerprint density at radius 2 is 1.13 bits per heavy atom. The van der Waals surface area contributed by atoms with Crippen LogP contribution in [0.5, 0.6) is 0 Å². The summed E-state index contributed by atoms with van der Waals surface area (Å²) in [5.74, 6) is 0.559. The van der Waals surface area contributed by atoms with Crippen LogP contribution < -0.4 is 4.90 Å². The van der Waals surface area contributed by atoms with E-state index in [1.54, 1.807) is 0 Å². The predicted octanol–water partition coefficient (Wildman–Crippen LogP) is 8.05. The zero-order valence-electron chi connectivity index (χ0n) is 17.7. The van der Waals surface area contributed by atoms with Crippen LogP contribution in [0.4, 0.5) is 17.1 Å². The minimum atomic E-state index is 0.559. The molecule has 4 aromatic carbocycles. The van der Waals surface area contributed by atoms with E-state index < -0.39 is 0 Å². The number of hydrogen-bond donors (Lipinski definition) is 0. The van der Waals surface area contributed by atoms with Crippen LogP contribution >= 0.6 is 0 Å². The van der Waals surface area contributed by atoms with Gasteiger partial charge >= 0.3 is 0 Å². The Balaban J connectivity index is 1.51. The van der Waals surface area contributed by atoms with E-state index in [1.807, 2.05) is 0 Å². The van der Waals surface area contributed by atoms with Gasteiger partial charge < -0.3 is 4.90 Å². The third kappa shape index (κ3) is 3.52. The van der Waals surface area contributed by atoms with Crippen LogP contribution in [0.25, 0.3) is 11.1 Å². The van der Waals surface area contributed by atoms with E-state index in [4.69, 9.17) is 0 Å². The summed E-state index contributed by atoms with van der Waals surface area (Å²) >= 11 is 0. The number of rotatable bonds is 5. The molecule has 0 unspecified atom stereocenters. The quantitative estimate of drug-likeness (QED) is 0.334. The SMILES string of the molecule is CC(C)c1ccc(-c2ccc(N(c3ccccc3)c3ccc4c(c3)CC4)cc2)cc1. The fourth-order valence-corrected chi connectivity index (χ4v) is 4.21. The zero-order chi connectivity index (χ0) is 20.5. The van der Waals surface area contributed by atoms with E-state index >= 15 is 0 Å². The second-order valence-electron chi connectivity index (χ2n) is 8.45. The first kappa shape index (κ1) is 18.7. The Labute approximate surface area is 179 Å². The van der Waals surface area contributed by atoms with Gasteiger partial charge in [0.25, 0.3) is 0 Å². The lowest BCUT2D eigenvalue weighted by molar-refractivity contribution is 0.839. The van der Waals surface area contributed by atoms with Gasteiger partial charge in [-0.1, -0.05) is 74.5 Å². The van der Waals surface area contributed by atoms with E-state index in [9.17, 15) is 0 Å². The summed E-state index contributed by atoms with van der Waals surface area (Å²) in [6, 6.07) is 35.4. The van der Waals surface area contributed by atoms with Crippen molar-refractivity contribution in [3.05, 3.63) is 114 Å². The molecule has 5 rings (SSSR count). The fraction of sp³-hybridized carbons (Fsp3) is 0.172. The number of aryl methyl sites for hydroxylation is 2. The van der Waals surface area contributed by atoms with Gasteiger partial charge in [0.1, 0.15) is 0 Å². The number of hydrogen-bond acceptors (Lipinski definition) is 1. The maximum Gasteiger partial charge on any atom is 0.0464 e. The largest absolute Gasteiger partial charge is 0.310 e. The molecule has 148 valence electrons. The Kier molecular flexibility index (Phi) is 4.88. The Morgan fingerprint density at radius 1 is 0.567 bits per heavy atom. The summed E-state index contributed by atoms with van der Waals surface area (Å²) in [6.45, 7) is 4.47. The molecule has 0 bridgehead atoms. The van der Waals surface area contributed by atoms with Crippen molar-refractivity contribution in [2.45, 2.75) is 32.6 Å².